The van der Waals surface area contributed by atoms with E-state index in [9.17, 15) is 0 Å². The number of hydrogen-bond acceptors (Lipinski definition) is 3. The highest BCUT2D eigenvalue weighted by Gasteiger charge is 2.13. The van der Waals surface area contributed by atoms with E-state index in [2.05, 4.69) is 17.4 Å². The Labute approximate surface area is 101 Å². The van der Waals surface area contributed by atoms with Crippen molar-refractivity contribution in [3.63, 3.8) is 0 Å². The van der Waals surface area contributed by atoms with Gasteiger partial charge in [0.25, 0.3) is 0 Å². The number of hydrogen-bond donors (Lipinski definition) is 2. The zero-order valence-electron chi connectivity index (χ0n) is 10.9. The average Bonchev–Trinajstić information content (AvgIpc) is 2.34. The predicted octanol–water partition coefficient (Wildman–Crippen LogP) is 2.27. The zero-order chi connectivity index (χ0) is 11.6. The van der Waals surface area contributed by atoms with E-state index in [0.29, 0.717) is 6.04 Å². The molecule has 16 heavy (non-hydrogen) atoms. The molecule has 1 aliphatic heterocycles. The fraction of sp³-hybridized carbons (Fsp3) is 1.00. The molecule has 0 radical (unpaired) electrons. The minimum Gasteiger partial charge on any atom is -0.329 e. The van der Waals surface area contributed by atoms with Crippen molar-refractivity contribution in [1.82, 2.24) is 10.4 Å². The first-order valence-corrected chi connectivity index (χ1v) is 7.08. The van der Waals surface area contributed by atoms with Gasteiger partial charge >= 0.3 is 0 Å². The zero-order valence-corrected chi connectivity index (χ0v) is 10.9. The Kier molecular flexibility index (Phi) is 7.81. The lowest BCUT2D eigenvalue weighted by Gasteiger charge is -2.31. The average molecular weight is 227 g/mol. The maximum absolute atomic E-state index is 5.82. The molecule has 0 bridgehead atoms. The molecule has 0 aromatic rings. The first kappa shape index (κ1) is 13.9. The molecule has 1 atom stereocenters. The van der Waals surface area contributed by atoms with Crippen LogP contribution in [0.15, 0.2) is 0 Å². The minimum absolute atomic E-state index is 0.495. The van der Waals surface area contributed by atoms with Gasteiger partial charge in [0.1, 0.15) is 0 Å². The highest BCUT2D eigenvalue weighted by Crippen LogP contribution is 2.09. The third-order valence-electron chi connectivity index (χ3n) is 3.41. The standard InChI is InChI=1S/C13H29N3/c1-2-3-4-6-9-13(12-14)15-16-10-7-5-8-11-16/h13,15H,2-12,14H2,1H3. The smallest absolute Gasteiger partial charge is 0.0337 e. The topological polar surface area (TPSA) is 41.3 Å². The van der Waals surface area contributed by atoms with E-state index in [0.717, 1.165) is 6.54 Å². The summed E-state index contributed by atoms with van der Waals surface area (Å²) >= 11 is 0. The van der Waals surface area contributed by atoms with Crippen molar-refractivity contribution >= 4 is 0 Å². The van der Waals surface area contributed by atoms with Gasteiger partial charge in [0.05, 0.1) is 0 Å². The second-order valence-corrected chi connectivity index (χ2v) is 4.96. The summed E-state index contributed by atoms with van der Waals surface area (Å²) in [5.41, 5.74) is 9.41. The lowest BCUT2D eigenvalue weighted by molar-refractivity contribution is 0.126. The Morgan fingerprint density at radius 2 is 1.88 bits per heavy atom. The molecule has 3 nitrogen and oxygen atoms in total. The van der Waals surface area contributed by atoms with E-state index < -0.39 is 0 Å². The van der Waals surface area contributed by atoms with Gasteiger partial charge in [0.15, 0.2) is 0 Å². The maximum Gasteiger partial charge on any atom is 0.0337 e. The van der Waals surface area contributed by atoms with Crippen LogP contribution in [0, 0.1) is 0 Å². The predicted molar refractivity (Wildman–Crippen MR) is 70.2 cm³/mol. The summed E-state index contributed by atoms with van der Waals surface area (Å²) in [5, 5.41) is 2.38. The quantitative estimate of drug-likeness (QED) is 0.625. The van der Waals surface area contributed by atoms with E-state index in [4.69, 9.17) is 5.73 Å². The highest BCUT2D eigenvalue weighted by atomic mass is 15.5. The Balaban J connectivity index is 2.09. The van der Waals surface area contributed by atoms with Crippen LogP contribution in [0.2, 0.25) is 0 Å². The van der Waals surface area contributed by atoms with E-state index in [1.165, 1.54) is 64.5 Å². The third-order valence-corrected chi connectivity index (χ3v) is 3.41. The van der Waals surface area contributed by atoms with Crippen molar-refractivity contribution in [1.29, 1.82) is 0 Å². The SMILES string of the molecule is CCCCCCC(CN)NN1CCCCC1. The lowest BCUT2D eigenvalue weighted by Crippen LogP contribution is -2.49. The molecule has 1 saturated heterocycles. The Morgan fingerprint density at radius 1 is 1.12 bits per heavy atom. The summed E-state index contributed by atoms with van der Waals surface area (Å²) in [6, 6.07) is 0.495. The summed E-state index contributed by atoms with van der Waals surface area (Å²) in [5.74, 6) is 0. The number of piperidine rings is 1. The highest BCUT2D eigenvalue weighted by molar-refractivity contribution is 4.69. The molecule has 0 spiro atoms. The van der Waals surface area contributed by atoms with Crippen LogP contribution in [-0.2, 0) is 0 Å². The fourth-order valence-electron chi connectivity index (χ4n) is 2.33. The second-order valence-electron chi connectivity index (χ2n) is 4.96. The van der Waals surface area contributed by atoms with Gasteiger partial charge in [-0.15, -0.1) is 0 Å². The van der Waals surface area contributed by atoms with E-state index in [1.807, 2.05) is 0 Å². The molecule has 0 aliphatic carbocycles. The van der Waals surface area contributed by atoms with Gasteiger partial charge in [-0.25, -0.2) is 5.01 Å². The Morgan fingerprint density at radius 3 is 2.50 bits per heavy atom. The van der Waals surface area contributed by atoms with Crippen LogP contribution in [-0.4, -0.2) is 30.7 Å². The van der Waals surface area contributed by atoms with Crippen molar-refractivity contribution in [3.8, 4) is 0 Å². The molecule has 96 valence electrons. The third kappa shape index (κ3) is 5.83. The van der Waals surface area contributed by atoms with E-state index >= 15 is 0 Å². The number of nitrogens with one attached hydrogen (secondary N) is 1. The monoisotopic (exact) mass is 227 g/mol. The van der Waals surface area contributed by atoms with Gasteiger partial charge in [-0.3, -0.25) is 5.43 Å². The van der Waals surface area contributed by atoms with Crippen LogP contribution in [0.5, 0.6) is 0 Å². The molecule has 3 N–H and O–H groups in total. The largest absolute Gasteiger partial charge is 0.329 e. The maximum atomic E-state index is 5.82. The summed E-state index contributed by atoms with van der Waals surface area (Å²) < 4.78 is 0. The van der Waals surface area contributed by atoms with Crippen molar-refractivity contribution in [2.24, 2.45) is 5.73 Å². The molecule has 1 heterocycles. The van der Waals surface area contributed by atoms with Gasteiger partial charge in [-0.05, 0) is 19.3 Å². The first-order chi connectivity index (χ1) is 7.86. The van der Waals surface area contributed by atoms with Crippen LogP contribution in [0.25, 0.3) is 0 Å². The Bertz CT molecular complexity index is 155. The molecular formula is C13H29N3. The van der Waals surface area contributed by atoms with Gasteiger partial charge in [0.2, 0.25) is 0 Å². The lowest BCUT2D eigenvalue weighted by atomic mass is 10.1. The van der Waals surface area contributed by atoms with Gasteiger partial charge < -0.3 is 5.73 Å². The number of nitrogens with two attached hydrogens (primary N) is 1. The number of unbranched alkanes of at least 4 members (excludes halogenated alkanes) is 3. The Hall–Kier alpha value is -0.120. The molecule has 1 fully saturated rings. The van der Waals surface area contributed by atoms with Crippen molar-refractivity contribution in [3.05, 3.63) is 0 Å². The summed E-state index contributed by atoms with van der Waals surface area (Å²) in [6.45, 7) is 5.42. The van der Waals surface area contributed by atoms with Crippen LogP contribution in [0.1, 0.15) is 58.3 Å². The number of nitrogens with zero attached hydrogens (tertiary/aromatic N) is 1. The summed E-state index contributed by atoms with van der Waals surface area (Å²) in [7, 11) is 0. The fourth-order valence-corrected chi connectivity index (χ4v) is 2.33. The van der Waals surface area contributed by atoms with Crippen LogP contribution < -0.4 is 11.2 Å². The van der Waals surface area contributed by atoms with Crippen molar-refractivity contribution in [2.45, 2.75) is 64.3 Å². The van der Waals surface area contributed by atoms with Gasteiger partial charge in [-0.2, -0.15) is 0 Å². The normalized spacial score (nSPS) is 19.9. The molecule has 3 heteroatoms. The molecule has 0 aromatic carbocycles. The first-order valence-electron chi connectivity index (χ1n) is 7.08. The molecule has 1 unspecified atom stereocenters. The van der Waals surface area contributed by atoms with Crippen LogP contribution in [0.3, 0.4) is 0 Å². The van der Waals surface area contributed by atoms with Crippen LogP contribution in [0.4, 0.5) is 0 Å². The van der Waals surface area contributed by atoms with E-state index in [-0.39, 0.29) is 0 Å². The molecule has 0 aromatic heterocycles. The van der Waals surface area contributed by atoms with Gasteiger partial charge in [-0.1, -0.05) is 39.0 Å². The number of hydrazine groups is 1. The second kappa shape index (κ2) is 8.97. The molecular weight excluding hydrogens is 198 g/mol. The van der Waals surface area contributed by atoms with Gasteiger partial charge in [0, 0.05) is 25.7 Å². The number of rotatable bonds is 8. The molecule has 1 rings (SSSR count). The molecule has 1 aliphatic rings. The minimum atomic E-state index is 0.495. The van der Waals surface area contributed by atoms with Crippen molar-refractivity contribution < 1.29 is 0 Å². The van der Waals surface area contributed by atoms with Crippen molar-refractivity contribution in [2.75, 3.05) is 19.6 Å². The summed E-state index contributed by atoms with van der Waals surface area (Å²) in [6.07, 6.45) is 10.6. The van der Waals surface area contributed by atoms with Crippen LogP contribution >= 0.6 is 0 Å². The van der Waals surface area contributed by atoms with E-state index in [1.54, 1.807) is 0 Å². The summed E-state index contributed by atoms with van der Waals surface area (Å²) in [4.78, 5) is 0. The molecule has 0 amide bonds. The molecule has 0 saturated carbocycles.